The van der Waals surface area contributed by atoms with Gasteiger partial charge in [-0.1, -0.05) is 12.1 Å². The van der Waals surface area contributed by atoms with Crippen molar-refractivity contribution in [3.63, 3.8) is 0 Å². The first-order chi connectivity index (χ1) is 12.8. The normalized spacial score (nSPS) is 11.3. The fourth-order valence-electron chi connectivity index (χ4n) is 2.80. The van der Waals surface area contributed by atoms with Gasteiger partial charge >= 0.3 is 0 Å². The Hall–Kier alpha value is -3.22. The van der Waals surface area contributed by atoms with Gasteiger partial charge in [0.2, 0.25) is 5.91 Å². The van der Waals surface area contributed by atoms with E-state index in [4.69, 9.17) is 0 Å². The molecule has 1 aromatic carbocycles. The maximum atomic E-state index is 13.1. The van der Waals surface area contributed by atoms with Gasteiger partial charge in [-0.25, -0.2) is 4.39 Å². The summed E-state index contributed by atoms with van der Waals surface area (Å²) < 4.78 is 16.6. The van der Waals surface area contributed by atoms with Gasteiger partial charge in [-0.2, -0.15) is 10.2 Å². The van der Waals surface area contributed by atoms with Crippen molar-refractivity contribution >= 4 is 17.7 Å². The van der Waals surface area contributed by atoms with Crippen LogP contribution in [0.2, 0.25) is 0 Å². The SMILES string of the molecule is Cc1nn(Cc2ccc(F)cc2)c(C)c1NC(=O)/C=C\c1cnn(C)c1C. The number of carbonyl (C=O) groups is 1. The van der Waals surface area contributed by atoms with Crippen molar-refractivity contribution in [3.05, 3.63) is 70.6 Å². The minimum atomic E-state index is -0.268. The van der Waals surface area contributed by atoms with E-state index in [2.05, 4.69) is 15.5 Å². The van der Waals surface area contributed by atoms with Crippen LogP contribution in [0.4, 0.5) is 10.1 Å². The van der Waals surface area contributed by atoms with Crippen LogP contribution in [0.1, 0.15) is 28.2 Å². The van der Waals surface area contributed by atoms with Gasteiger partial charge in [0.05, 0.1) is 29.8 Å². The van der Waals surface area contributed by atoms with Crippen molar-refractivity contribution in [2.75, 3.05) is 5.32 Å². The lowest BCUT2D eigenvalue weighted by atomic mass is 10.2. The Bertz CT molecular complexity index is 998. The highest BCUT2D eigenvalue weighted by molar-refractivity contribution is 6.02. The van der Waals surface area contributed by atoms with E-state index in [0.29, 0.717) is 12.2 Å². The number of halogens is 1. The Morgan fingerprint density at radius 2 is 1.89 bits per heavy atom. The maximum absolute atomic E-state index is 13.1. The minimum absolute atomic E-state index is 0.231. The lowest BCUT2D eigenvalue weighted by molar-refractivity contribution is -0.111. The molecule has 3 aromatic rings. The second-order valence-corrected chi connectivity index (χ2v) is 6.46. The van der Waals surface area contributed by atoms with Gasteiger partial charge in [0.15, 0.2) is 0 Å². The lowest BCUT2D eigenvalue weighted by Crippen LogP contribution is -2.10. The second-order valence-electron chi connectivity index (χ2n) is 6.46. The molecule has 0 radical (unpaired) electrons. The summed E-state index contributed by atoms with van der Waals surface area (Å²) in [5, 5.41) is 11.5. The van der Waals surface area contributed by atoms with Crippen molar-refractivity contribution < 1.29 is 9.18 Å². The Balaban J connectivity index is 1.73. The van der Waals surface area contributed by atoms with Gasteiger partial charge in [0.1, 0.15) is 5.82 Å². The summed E-state index contributed by atoms with van der Waals surface area (Å²) in [7, 11) is 1.86. The van der Waals surface area contributed by atoms with Gasteiger partial charge in [-0.3, -0.25) is 14.2 Å². The topological polar surface area (TPSA) is 64.7 Å². The summed E-state index contributed by atoms with van der Waals surface area (Å²) in [6, 6.07) is 6.30. The molecule has 0 aliphatic rings. The fourth-order valence-corrected chi connectivity index (χ4v) is 2.80. The summed E-state index contributed by atoms with van der Waals surface area (Å²) in [6.07, 6.45) is 4.95. The van der Waals surface area contributed by atoms with Crippen LogP contribution in [0.15, 0.2) is 36.5 Å². The zero-order chi connectivity index (χ0) is 19.6. The number of nitrogens with zero attached hydrogens (tertiary/aromatic N) is 4. The highest BCUT2D eigenvalue weighted by Crippen LogP contribution is 2.21. The van der Waals surface area contributed by atoms with E-state index in [1.165, 1.54) is 18.2 Å². The van der Waals surface area contributed by atoms with Crippen molar-refractivity contribution in [1.29, 1.82) is 0 Å². The first-order valence-corrected chi connectivity index (χ1v) is 8.61. The molecule has 27 heavy (non-hydrogen) atoms. The summed E-state index contributed by atoms with van der Waals surface area (Å²) in [6.45, 7) is 6.19. The molecule has 3 rings (SSSR count). The number of benzene rings is 1. The van der Waals surface area contributed by atoms with E-state index in [0.717, 1.165) is 28.2 Å². The number of amides is 1. The van der Waals surface area contributed by atoms with E-state index in [-0.39, 0.29) is 11.7 Å². The van der Waals surface area contributed by atoms with Crippen LogP contribution in [-0.4, -0.2) is 25.5 Å². The predicted molar refractivity (Wildman–Crippen MR) is 103 cm³/mol. The molecule has 1 N–H and O–H groups in total. The first-order valence-electron chi connectivity index (χ1n) is 8.61. The molecule has 2 aromatic heterocycles. The largest absolute Gasteiger partial charge is 0.319 e. The van der Waals surface area contributed by atoms with Crippen LogP contribution in [0.25, 0.3) is 6.08 Å². The zero-order valence-corrected chi connectivity index (χ0v) is 15.8. The molecule has 0 atom stereocenters. The molecule has 0 saturated heterocycles. The lowest BCUT2D eigenvalue weighted by Gasteiger charge is -2.06. The molecule has 0 spiro atoms. The number of aromatic nitrogens is 4. The van der Waals surface area contributed by atoms with Gasteiger partial charge in [-0.15, -0.1) is 0 Å². The van der Waals surface area contributed by atoms with Crippen molar-refractivity contribution in [2.45, 2.75) is 27.3 Å². The number of hydrogen-bond acceptors (Lipinski definition) is 3. The molecular formula is C20H22FN5O. The Morgan fingerprint density at radius 3 is 2.52 bits per heavy atom. The van der Waals surface area contributed by atoms with Crippen LogP contribution in [-0.2, 0) is 18.4 Å². The number of nitrogens with one attached hydrogen (secondary N) is 1. The molecular weight excluding hydrogens is 345 g/mol. The molecule has 0 bridgehead atoms. The highest BCUT2D eigenvalue weighted by atomic mass is 19.1. The van der Waals surface area contributed by atoms with Crippen LogP contribution in [0.3, 0.4) is 0 Å². The molecule has 2 heterocycles. The molecule has 0 aliphatic carbocycles. The zero-order valence-electron chi connectivity index (χ0n) is 15.8. The summed E-state index contributed by atoms with van der Waals surface area (Å²) in [4.78, 5) is 12.3. The molecule has 140 valence electrons. The molecule has 6 nitrogen and oxygen atoms in total. The van der Waals surface area contributed by atoms with Crippen molar-refractivity contribution in [2.24, 2.45) is 7.05 Å². The smallest absolute Gasteiger partial charge is 0.248 e. The second kappa shape index (κ2) is 7.57. The standard InChI is InChI=1S/C20H22FN5O/c1-13-20(23-19(27)10-7-17-11-22-25(4)14(17)2)15(3)26(24-13)12-16-5-8-18(21)9-6-16/h5-11H,12H2,1-4H3,(H,23,27)/b10-7-. The van der Waals surface area contributed by atoms with Crippen molar-refractivity contribution in [1.82, 2.24) is 19.6 Å². The van der Waals surface area contributed by atoms with E-state index >= 15 is 0 Å². The van der Waals surface area contributed by atoms with Gasteiger partial charge in [0.25, 0.3) is 0 Å². The monoisotopic (exact) mass is 367 g/mol. The van der Waals surface area contributed by atoms with E-state index in [1.807, 2.05) is 27.8 Å². The fraction of sp³-hybridized carbons (Fsp3) is 0.250. The quantitative estimate of drug-likeness (QED) is 0.703. The van der Waals surface area contributed by atoms with Crippen molar-refractivity contribution in [3.8, 4) is 0 Å². The van der Waals surface area contributed by atoms with Gasteiger partial charge < -0.3 is 5.32 Å². The molecule has 0 fully saturated rings. The van der Waals surface area contributed by atoms with Gasteiger partial charge in [0, 0.05) is 24.4 Å². The molecule has 1 amide bonds. The number of rotatable bonds is 5. The third kappa shape index (κ3) is 4.13. The highest BCUT2D eigenvalue weighted by Gasteiger charge is 2.13. The maximum Gasteiger partial charge on any atom is 0.248 e. The number of anilines is 1. The summed E-state index contributed by atoms with van der Waals surface area (Å²) in [5.41, 5.74) is 5.08. The summed E-state index contributed by atoms with van der Waals surface area (Å²) in [5.74, 6) is -0.499. The van der Waals surface area contributed by atoms with Crippen LogP contribution in [0.5, 0.6) is 0 Å². The average molecular weight is 367 g/mol. The Morgan fingerprint density at radius 1 is 1.19 bits per heavy atom. The van der Waals surface area contributed by atoms with Crippen LogP contribution in [0, 0.1) is 26.6 Å². The van der Waals surface area contributed by atoms with Crippen LogP contribution < -0.4 is 5.32 Å². The minimum Gasteiger partial charge on any atom is -0.319 e. The number of hydrogen-bond donors (Lipinski definition) is 1. The first kappa shape index (κ1) is 18.6. The summed E-state index contributed by atoms with van der Waals surface area (Å²) >= 11 is 0. The van der Waals surface area contributed by atoms with E-state index in [9.17, 15) is 9.18 Å². The Kier molecular flexibility index (Phi) is 5.21. The number of aryl methyl sites for hydroxylation is 2. The molecule has 0 saturated carbocycles. The molecule has 0 unspecified atom stereocenters. The van der Waals surface area contributed by atoms with Crippen LogP contribution >= 0.6 is 0 Å². The third-order valence-corrected chi connectivity index (χ3v) is 4.56. The third-order valence-electron chi connectivity index (χ3n) is 4.56. The van der Waals surface area contributed by atoms with E-state index in [1.54, 1.807) is 33.8 Å². The average Bonchev–Trinajstić information content (AvgIpc) is 3.09. The van der Waals surface area contributed by atoms with E-state index < -0.39 is 0 Å². The molecule has 7 heteroatoms. The molecule has 0 aliphatic heterocycles. The predicted octanol–water partition coefficient (Wildman–Crippen LogP) is 3.38. The number of carbonyl (C=O) groups excluding carboxylic acids is 1. The van der Waals surface area contributed by atoms with Gasteiger partial charge in [-0.05, 0) is 44.5 Å². The Labute approximate surface area is 157 Å².